The fraction of sp³-hybridized carbons (Fsp3) is 0. The fourth-order valence-corrected chi connectivity index (χ4v) is 14.1. The van der Waals surface area contributed by atoms with Crippen molar-refractivity contribution >= 4 is 46.7 Å². The molecular formula is C18H15F9N6O3P6. The Morgan fingerprint density at radius 3 is 0.952 bits per heavy atom. The topological polar surface area (TPSA) is 102 Å². The van der Waals surface area contributed by atoms with Crippen molar-refractivity contribution in [3.05, 3.63) is 91.0 Å². The molecule has 0 saturated carbocycles. The number of hydrogen-bond acceptors (Lipinski definition) is 9. The van der Waals surface area contributed by atoms with Crippen LogP contribution in [0.2, 0.25) is 0 Å². The maximum atomic E-state index is 16.5. The Hall–Kier alpha value is -2.19. The van der Waals surface area contributed by atoms with Gasteiger partial charge >= 0.3 is 46.7 Å². The van der Waals surface area contributed by atoms with Crippen molar-refractivity contribution in [2.45, 2.75) is 0 Å². The molecule has 3 aromatic carbocycles. The van der Waals surface area contributed by atoms with Crippen LogP contribution in [0.1, 0.15) is 0 Å². The number of rotatable bonds is 6. The van der Waals surface area contributed by atoms with Crippen molar-refractivity contribution in [1.29, 1.82) is 0 Å². The summed E-state index contributed by atoms with van der Waals surface area (Å²) < 4.78 is 164. The van der Waals surface area contributed by atoms with Crippen LogP contribution < -0.4 is 13.6 Å². The smallest absolute Gasteiger partial charge is 0.419 e. The molecule has 1 aliphatic rings. The molecule has 0 N–H and O–H groups in total. The quantitative estimate of drug-likeness (QED) is 0.187. The van der Waals surface area contributed by atoms with Gasteiger partial charge in [0.15, 0.2) is 0 Å². The molecule has 0 radical (unpaired) electrons. The van der Waals surface area contributed by atoms with E-state index in [9.17, 15) is 25.2 Å². The standard InChI is InChI=1S/C18H15F9N6O3P6/c19-37(20)28-38(21,22)30-40(25,34-16-10-4-1-5-11-16)32-42(27,36-18-14-8-3-9-15-18)33-41(26,31-39(23,24)29-37)35-17-12-6-2-7-13-17/h1-15H. The lowest BCUT2D eigenvalue weighted by atomic mass is 10.3. The first-order valence-electron chi connectivity index (χ1n) is 10.8. The molecule has 1 aliphatic heterocycles. The van der Waals surface area contributed by atoms with E-state index in [0.29, 0.717) is 0 Å². The van der Waals surface area contributed by atoms with Crippen molar-refractivity contribution in [3.63, 3.8) is 0 Å². The van der Waals surface area contributed by atoms with E-state index in [4.69, 9.17) is 13.6 Å². The number of para-hydroxylation sites is 3. The molecule has 4 rings (SSSR count). The summed E-state index contributed by atoms with van der Waals surface area (Å²) in [5, 5.41) is 0. The second-order valence-electron chi connectivity index (χ2n) is 7.54. The van der Waals surface area contributed by atoms with Gasteiger partial charge in [-0.05, 0) is 36.4 Å². The fourth-order valence-electron chi connectivity index (χ4n) is 2.86. The number of nitrogens with zero attached hydrogens (tertiary/aromatic N) is 6. The van der Waals surface area contributed by atoms with Crippen molar-refractivity contribution in [3.8, 4) is 17.2 Å². The van der Waals surface area contributed by atoms with Crippen LogP contribution in [0.15, 0.2) is 118 Å². The normalized spacial score (nSPS) is 28.2. The Balaban J connectivity index is 2.12. The van der Waals surface area contributed by atoms with E-state index < -0.39 is 64.0 Å². The Kier molecular flexibility index (Phi) is 9.68. The molecule has 0 spiro atoms. The molecule has 24 heteroatoms. The summed E-state index contributed by atoms with van der Waals surface area (Å²) in [6.45, 7) is 0. The third-order valence-corrected chi connectivity index (χ3v) is 16.0. The minimum atomic E-state index is -7.04. The Morgan fingerprint density at radius 1 is 0.333 bits per heavy atom. The zero-order valence-electron chi connectivity index (χ0n) is 20.2. The lowest BCUT2D eigenvalue weighted by Gasteiger charge is -2.20. The van der Waals surface area contributed by atoms with Crippen LogP contribution >= 0.6 is 46.7 Å². The average molecular weight is 720 g/mol. The Labute approximate surface area is 233 Å². The Bertz CT molecular complexity index is 1740. The SMILES string of the molecule is FP1(F)=NP(F)(F)=NP(F)(Oc2ccccc2)=NP(F)(Oc2ccccc2)=NP(F)(Oc2ccccc2)=NP(F)(F)=N1. The lowest BCUT2D eigenvalue weighted by Crippen LogP contribution is -1.92. The molecule has 0 aromatic heterocycles. The highest BCUT2D eigenvalue weighted by Crippen LogP contribution is 2.82. The number of halogens is 9. The van der Waals surface area contributed by atoms with E-state index in [0.717, 1.165) is 36.4 Å². The Morgan fingerprint density at radius 2 is 0.595 bits per heavy atom. The highest BCUT2D eigenvalue weighted by Gasteiger charge is 2.43. The van der Waals surface area contributed by atoms with Gasteiger partial charge in [-0.25, -0.2) is 0 Å². The maximum Gasteiger partial charge on any atom is 0.443 e. The lowest BCUT2D eigenvalue weighted by molar-refractivity contribution is 0.529. The molecular weight excluding hydrogens is 705 g/mol. The minimum absolute atomic E-state index is 0.541. The third-order valence-electron chi connectivity index (χ3n) is 4.20. The molecule has 1 heterocycles. The monoisotopic (exact) mass is 720 g/mol. The van der Waals surface area contributed by atoms with E-state index in [1.807, 2.05) is 0 Å². The van der Waals surface area contributed by atoms with Gasteiger partial charge in [-0.3, -0.25) is 0 Å². The van der Waals surface area contributed by atoms with Crippen LogP contribution in [-0.2, 0) is 0 Å². The van der Waals surface area contributed by atoms with Crippen LogP contribution in [-0.4, -0.2) is 0 Å². The summed E-state index contributed by atoms with van der Waals surface area (Å²) in [5.74, 6) is -1.72. The van der Waals surface area contributed by atoms with E-state index >= 15 is 12.6 Å². The zero-order valence-corrected chi connectivity index (χ0v) is 25.5. The van der Waals surface area contributed by atoms with Crippen molar-refractivity contribution in [2.75, 3.05) is 0 Å². The van der Waals surface area contributed by atoms with Gasteiger partial charge in [0.2, 0.25) is 0 Å². The summed E-state index contributed by atoms with van der Waals surface area (Å²) in [4.78, 5) is 0. The molecule has 9 nitrogen and oxygen atoms in total. The second kappa shape index (κ2) is 12.4. The third kappa shape index (κ3) is 9.66. The summed E-state index contributed by atoms with van der Waals surface area (Å²) >= 11 is 0. The van der Waals surface area contributed by atoms with Gasteiger partial charge in [-0.2, -0.15) is 0 Å². The van der Waals surface area contributed by atoms with E-state index in [1.54, 1.807) is 9.03 Å². The van der Waals surface area contributed by atoms with Crippen LogP contribution in [0.4, 0.5) is 37.8 Å². The minimum Gasteiger partial charge on any atom is -0.419 e. The summed E-state index contributed by atoms with van der Waals surface area (Å²) in [7, 11) is -39.5. The van der Waals surface area contributed by atoms with Crippen molar-refractivity contribution < 1.29 is 51.3 Å². The number of benzene rings is 3. The van der Waals surface area contributed by atoms with Crippen LogP contribution in [0.5, 0.6) is 17.2 Å². The predicted octanol–water partition coefficient (Wildman–Crippen LogP) is 14.6. The van der Waals surface area contributed by atoms with Gasteiger partial charge < -0.3 is 13.6 Å². The van der Waals surface area contributed by atoms with Gasteiger partial charge in [-0.15, -0.1) is 64.9 Å². The van der Waals surface area contributed by atoms with Crippen molar-refractivity contribution in [1.82, 2.24) is 0 Å². The molecule has 0 fully saturated rings. The van der Waals surface area contributed by atoms with Gasteiger partial charge in [0, 0.05) is 0 Å². The highest BCUT2D eigenvalue weighted by atomic mass is 31.3. The molecule has 3 unspecified atom stereocenters. The molecule has 42 heavy (non-hydrogen) atoms. The summed E-state index contributed by atoms with van der Waals surface area (Å²) in [5.41, 5.74) is 0. The van der Waals surface area contributed by atoms with Gasteiger partial charge in [0.1, 0.15) is 17.2 Å². The van der Waals surface area contributed by atoms with Crippen LogP contribution in [0.25, 0.3) is 0 Å². The second-order valence-corrected chi connectivity index (χ2v) is 17.9. The van der Waals surface area contributed by atoms with E-state index in [2.05, 4.69) is 18.1 Å². The predicted molar refractivity (Wildman–Crippen MR) is 147 cm³/mol. The van der Waals surface area contributed by atoms with Crippen molar-refractivity contribution in [2.24, 2.45) is 27.1 Å². The van der Waals surface area contributed by atoms with Gasteiger partial charge in [0.25, 0.3) is 0 Å². The first kappa shape index (κ1) is 32.7. The van der Waals surface area contributed by atoms with Crippen LogP contribution in [0.3, 0.4) is 0 Å². The summed E-state index contributed by atoms with van der Waals surface area (Å²) in [6, 6.07) is 17.7. The van der Waals surface area contributed by atoms with Crippen LogP contribution in [0, 0.1) is 0 Å². The molecule has 0 bridgehead atoms. The summed E-state index contributed by atoms with van der Waals surface area (Å²) in [6.07, 6.45) is 0. The average Bonchev–Trinajstić information content (AvgIpc) is 2.81. The van der Waals surface area contributed by atoms with Gasteiger partial charge in [-0.1, -0.05) is 54.6 Å². The number of hydrogen-bond donors (Lipinski definition) is 0. The molecule has 228 valence electrons. The largest absolute Gasteiger partial charge is 0.443 e. The first-order chi connectivity index (χ1) is 19.5. The molecule has 3 atom stereocenters. The molecule has 0 saturated heterocycles. The highest BCUT2D eigenvalue weighted by molar-refractivity contribution is 7.78. The maximum absolute atomic E-state index is 16.5. The first-order valence-corrected chi connectivity index (χ1v) is 19.8. The zero-order chi connectivity index (χ0) is 30.7. The van der Waals surface area contributed by atoms with Gasteiger partial charge in [0.05, 0.1) is 0 Å². The van der Waals surface area contributed by atoms with E-state index in [1.165, 1.54) is 54.6 Å². The molecule has 0 amide bonds. The molecule has 3 aromatic rings. The van der Waals surface area contributed by atoms with E-state index in [-0.39, 0.29) is 0 Å². The molecule has 0 aliphatic carbocycles.